The molecule has 2 aliphatic heterocycles. The van der Waals surface area contributed by atoms with Crippen LogP contribution in [0.15, 0.2) is 33.3 Å². The van der Waals surface area contributed by atoms with E-state index in [1.165, 1.54) is 16.2 Å². The highest BCUT2D eigenvalue weighted by molar-refractivity contribution is 7.12. The van der Waals surface area contributed by atoms with E-state index in [2.05, 4.69) is 0 Å². The first-order valence-corrected chi connectivity index (χ1v) is 10.6. The molecule has 4 rings (SSSR count). The molecule has 2 saturated heterocycles. The molecule has 2 aromatic heterocycles. The molecule has 0 aromatic carbocycles. The average molecular weight is 436 g/mol. The third-order valence-electron chi connectivity index (χ3n) is 5.31. The zero-order chi connectivity index (χ0) is 21.3. The van der Waals surface area contributed by atoms with Crippen LogP contribution in [0, 0.1) is 5.82 Å². The lowest BCUT2D eigenvalue weighted by atomic mass is 10.3. The smallest absolute Gasteiger partial charge is 0.333 e. The van der Waals surface area contributed by atoms with Crippen molar-refractivity contribution in [3.05, 3.63) is 55.2 Å². The Bertz CT molecular complexity index is 1050. The van der Waals surface area contributed by atoms with Gasteiger partial charge in [0, 0.05) is 32.8 Å². The summed E-state index contributed by atoms with van der Waals surface area (Å²) in [6.07, 6.45) is 1.47. The summed E-state index contributed by atoms with van der Waals surface area (Å²) < 4.78 is 21.2. The molecule has 9 nitrogen and oxygen atoms in total. The summed E-state index contributed by atoms with van der Waals surface area (Å²) in [6.45, 7) is 1.15. The van der Waals surface area contributed by atoms with Crippen LogP contribution in [-0.4, -0.2) is 63.5 Å². The topological polar surface area (TPSA) is 93.8 Å². The summed E-state index contributed by atoms with van der Waals surface area (Å²) in [5.41, 5.74) is -1.90. The molecule has 2 aromatic rings. The standard InChI is InChI=1S/C19H21FN4O5S/c20-13-11-23(16-4-1-9-29-16)19(28)24(17(13)26)12-15(25)21-5-7-22(8-6-21)18(27)14-3-2-10-30-14/h2-3,10-11,16H,1,4-9,12H2. The Morgan fingerprint density at radius 1 is 1.17 bits per heavy atom. The third-order valence-corrected chi connectivity index (χ3v) is 6.17. The molecule has 0 radical (unpaired) electrons. The van der Waals surface area contributed by atoms with E-state index in [0.29, 0.717) is 35.6 Å². The number of piperazine rings is 1. The number of ether oxygens (including phenoxy) is 1. The predicted octanol–water partition coefficient (Wildman–Crippen LogP) is 0.504. The van der Waals surface area contributed by atoms with E-state index >= 15 is 0 Å². The van der Waals surface area contributed by atoms with Gasteiger partial charge < -0.3 is 14.5 Å². The van der Waals surface area contributed by atoms with Gasteiger partial charge in [-0.3, -0.25) is 19.0 Å². The van der Waals surface area contributed by atoms with Gasteiger partial charge in [0.15, 0.2) is 0 Å². The first-order valence-electron chi connectivity index (χ1n) is 9.69. The molecule has 0 spiro atoms. The molecule has 0 aliphatic carbocycles. The van der Waals surface area contributed by atoms with E-state index < -0.39 is 35.7 Å². The fourth-order valence-corrected chi connectivity index (χ4v) is 4.35. The summed E-state index contributed by atoms with van der Waals surface area (Å²) in [6, 6.07) is 3.55. The van der Waals surface area contributed by atoms with E-state index in [1.807, 2.05) is 5.38 Å². The van der Waals surface area contributed by atoms with E-state index in [9.17, 15) is 23.6 Å². The number of carbonyl (C=O) groups is 2. The zero-order valence-electron chi connectivity index (χ0n) is 16.2. The van der Waals surface area contributed by atoms with Gasteiger partial charge in [-0.05, 0) is 24.3 Å². The first-order chi connectivity index (χ1) is 14.5. The minimum atomic E-state index is -1.13. The number of hydrogen-bond donors (Lipinski definition) is 0. The molecule has 2 aliphatic rings. The van der Waals surface area contributed by atoms with Crippen molar-refractivity contribution in [3.63, 3.8) is 0 Å². The van der Waals surface area contributed by atoms with E-state index in [0.717, 1.165) is 17.2 Å². The Kier molecular flexibility index (Phi) is 5.82. The number of aromatic nitrogens is 2. The number of amides is 2. The molecule has 1 atom stereocenters. The Morgan fingerprint density at radius 3 is 2.53 bits per heavy atom. The number of rotatable bonds is 4. The van der Waals surface area contributed by atoms with Crippen molar-refractivity contribution in [2.75, 3.05) is 32.8 Å². The summed E-state index contributed by atoms with van der Waals surface area (Å²) in [4.78, 5) is 53.7. The predicted molar refractivity (Wildman–Crippen MR) is 106 cm³/mol. The van der Waals surface area contributed by atoms with Gasteiger partial charge in [-0.2, -0.15) is 4.39 Å². The summed E-state index contributed by atoms with van der Waals surface area (Å²) in [7, 11) is 0. The molecule has 0 saturated carbocycles. The van der Waals surface area contributed by atoms with Crippen LogP contribution < -0.4 is 11.2 Å². The van der Waals surface area contributed by atoms with Gasteiger partial charge in [0.2, 0.25) is 11.7 Å². The Labute approximate surface area is 174 Å². The minimum absolute atomic E-state index is 0.0853. The van der Waals surface area contributed by atoms with Gasteiger partial charge in [0.05, 0.1) is 11.1 Å². The highest BCUT2D eigenvalue weighted by Crippen LogP contribution is 2.20. The van der Waals surface area contributed by atoms with Crippen LogP contribution >= 0.6 is 11.3 Å². The fourth-order valence-electron chi connectivity index (χ4n) is 3.66. The largest absolute Gasteiger partial charge is 0.358 e. The number of carbonyl (C=O) groups excluding carboxylic acids is 2. The Morgan fingerprint density at radius 2 is 1.90 bits per heavy atom. The molecule has 0 bridgehead atoms. The van der Waals surface area contributed by atoms with Crippen LogP contribution in [0.25, 0.3) is 0 Å². The first kappa shape index (κ1) is 20.5. The lowest BCUT2D eigenvalue weighted by Crippen LogP contribution is -2.53. The molecule has 11 heteroatoms. The number of thiophene rings is 1. The van der Waals surface area contributed by atoms with Crippen molar-refractivity contribution in [1.82, 2.24) is 18.9 Å². The Balaban J connectivity index is 1.45. The summed E-state index contributed by atoms with van der Waals surface area (Å²) in [5.74, 6) is -1.66. The normalized spacial score (nSPS) is 19.3. The van der Waals surface area contributed by atoms with Crippen molar-refractivity contribution in [3.8, 4) is 0 Å². The van der Waals surface area contributed by atoms with Crippen molar-refractivity contribution >= 4 is 23.2 Å². The van der Waals surface area contributed by atoms with Crippen LogP contribution in [0.4, 0.5) is 4.39 Å². The van der Waals surface area contributed by atoms with E-state index in [-0.39, 0.29) is 19.0 Å². The molecular formula is C19H21FN4O5S. The van der Waals surface area contributed by atoms with Gasteiger partial charge in [-0.15, -0.1) is 11.3 Å². The van der Waals surface area contributed by atoms with Crippen molar-refractivity contribution in [2.45, 2.75) is 25.6 Å². The maximum atomic E-state index is 14.1. The SMILES string of the molecule is O=C(Cn1c(=O)c(F)cn(C2CCCO2)c1=O)N1CCN(C(=O)c2cccs2)CC1. The van der Waals surface area contributed by atoms with Gasteiger partial charge in [-0.25, -0.2) is 9.36 Å². The second kappa shape index (κ2) is 8.52. The van der Waals surface area contributed by atoms with Crippen LogP contribution in [0.1, 0.15) is 28.7 Å². The average Bonchev–Trinajstić information content (AvgIpc) is 3.47. The van der Waals surface area contributed by atoms with Crippen LogP contribution in [0.3, 0.4) is 0 Å². The fraction of sp³-hybridized carbons (Fsp3) is 0.474. The molecule has 2 fully saturated rings. The van der Waals surface area contributed by atoms with Crippen molar-refractivity contribution < 1.29 is 18.7 Å². The Hall–Kier alpha value is -2.79. The quantitative estimate of drug-likeness (QED) is 0.696. The van der Waals surface area contributed by atoms with Gasteiger partial charge in [0.25, 0.3) is 11.5 Å². The molecule has 1 unspecified atom stereocenters. The second-order valence-electron chi connectivity index (χ2n) is 7.18. The van der Waals surface area contributed by atoms with Crippen LogP contribution in [-0.2, 0) is 16.1 Å². The monoisotopic (exact) mass is 436 g/mol. The molecule has 160 valence electrons. The molecule has 2 amide bonds. The minimum Gasteiger partial charge on any atom is -0.358 e. The van der Waals surface area contributed by atoms with Gasteiger partial charge in [-0.1, -0.05) is 6.07 Å². The second-order valence-corrected chi connectivity index (χ2v) is 8.12. The molecular weight excluding hydrogens is 415 g/mol. The van der Waals surface area contributed by atoms with Crippen molar-refractivity contribution in [2.24, 2.45) is 0 Å². The lowest BCUT2D eigenvalue weighted by Gasteiger charge is -2.34. The maximum Gasteiger partial charge on any atom is 0.333 e. The molecule has 4 heterocycles. The number of hydrogen-bond acceptors (Lipinski definition) is 6. The number of halogens is 1. The van der Waals surface area contributed by atoms with Gasteiger partial charge in [0.1, 0.15) is 12.8 Å². The van der Waals surface area contributed by atoms with E-state index in [1.54, 1.807) is 17.0 Å². The van der Waals surface area contributed by atoms with E-state index in [4.69, 9.17) is 4.74 Å². The third kappa shape index (κ3) is 3.94. The number of nitrogens with zero attached hydrogens (tertiary/aromatic N) is 4. The highest BCUT2D eigenvalue weighted by atomic mass is 32.1. The summed E-state index contributed by atoms with van der Waals surface area (Å²) in [5, 5.41) is 1.83. The van der Waals surface area contributed by atoms with Gasteiger partial charge >= 0.3 is 5.69 Å². The van der Waals surface area contributed by atoms with Crippen LogP contribution in [0.2, 0.25) is 0 Å². The summed E-state index contributed by atoms with van der Waals surface area (Å²) >= 11 is 1.36. The lowest BCUT2D eigenvalue weighted by molar-refractivity contribution is -0.133. The highest BCUT2D eigenvalue weighted by Gasteiger charge is 2.27. The zero-order valence-corrected chi connectivity index (χ0v) is 17.0. The van der Waals surface area contributed by atoms with Crippen LogP contribution in [0.5, 0.6) is 0 Å². The van der Waals surface area contributed by atoms with Crippen molar-refractivity contribution in [1.29, 1.82) is 0 Å². The molecule has 30 heavy (non-hydrogen) atoms. The maximum absolute atomic E-state index is 14.1. The molecule has 0 N–H and O–H groups in total.